The molecule has 23 heavy (non-hydrogen) atoms. The first kappa shape index (κ1) is 19.3. The van der Waals surface area contributed by atoms with E-state index in [9.17, 15) is 18.4 Å². The third kappa shape index (κ3) is 5.76. The van der Waals surface area contributed by atoms with Crippen LogP contribution in [0.3, 0.4) is 0 Å². The number of halogens is 3. The monoisotopic (exact) mass is 347 g/mol. The lowest BCUT2D eigenvalue weighted by atomic mass is 10.1. The van der Waals surface area contributed by atoms with E-state index < -0.39 is 30.8 Å². The number of rotatable bonds is 5. The van der Waals surface area contributed by atoms with E-state index >= 15 is 0 Å². The summed E-state index contributed by atoms with van der Waals surface area (Å²) < 4.78 is 25.9. The molecule has 128 valence electrons. The van der Waals surface area contributed by atoms with E-state index in [0.717, 1.165) is 5.56 Å². The fraction of sp³-hybridized carbons (Fsp3) is 0.467. The number of alkyl halides is 2. The molecule has 0 aliphatic carbocycles. The highest BCUT2D eigenvalue weighted by Crippen LogP contribution is 2.24. The van der Waals surface area contributed by atoms with Crippen LogP contribution < -0.4 is 16.0 Å². The molecule has 8 heteroatoms. The van der Waals surface area contributed by atoms with Gasteiger partial charge in [0.2, 0.25) is 5.91 Å². The largest absolute Gasteiger partial charge is 0.353 e. The maximum Gasteiger partial charge on any atom is 0.262 e. The van der Waals surface area contributed by atoms with E-state index in [2.05, 4.69) is 16.0 Å². The van der Waals surface area contributed by atoms with Gasteiger partial charge in [0.15, 0.2) is 0 Å². The van der Waals surface area contributed by atoms with Crippen molar-refractivity contribution in [1.82, 2.24) is 16.0 Å². The van der Waals surface area contributed by atoms with Crippen molar-refractivity contribution >= 4 is 24.2 Å². The molecule has 1 atom stereocenters. The Hall–Kier alpha value is -1.73. The second-order valence-electron chi connectivity index (χ2n) is 5.41. The maximum absolute atomic E-state index is 13.0. The molecule has 2 amide bonds. The predicted molar refractivity (Wildman–Crippen MR) is 85.1 cm³/mol. The van der Waals surface area contributed by atoms with E-state index in [1.807, 2.05) is 13.0 Å². The van der Waals surface area contributed by atoms with Gasteiger partial charge in [-0.2, -0.15) is 0 Å². The number of aryl methyl sites for hydroxylation is 1. The van der Waals surface area contributed by atoms with Gasteiger partial charge in [0.25, 0.3) is 11.8 Å². The zero-order valence-corrected chi connectivity index (χ0v) is 13.5. The number of benzene rings is 1. The Bertz CT molecular complexity index is 569. The minimum atomic E-state index is -2.83. The van der Waals surface area contributed by atoms with Crippen LogP contribution in [0, 0.1) is 6.92 Å². The highest BCUT2D eigenvalue weighted by atomic mass is 35.5. The quantitative estimate of drug-likeness (QED) is 0.702. The Balaban J connectivity index is 0.00000264. The summed E-state index contributed by atoms with van der Waals surface area (Å²) in [6.07, 6.45) is -0.492. The second-order valence-corrected chi connectivity index (χ2v) is 5.41. The number of carbonyl (C=O) groups is 2. The summed E-state index contributed by atoms with van der Waals surface area (Å²) in [5.41, 5.74) is 1.53. The average Bonchev–Trinajstić information content (AvgIpc) is 2.83. The fourth-order valence-corrected chi connectivity index (χ4v) is 2.27. The van der Waals surface area contributed by atoms with Crippen molar-refractivity contribution in [3.63, 3.8) is 0 Å². The molecule has 1 aliphatic rings. The molecule has 0 spiro atoms. The molecule has 1 aromatic carbocycles. The van der Waals surface area contributed by atoms with Gasteiger partial charge in [-0.25, -0.2) is 8.78 Å². The number of amides is 2. The zero-order chi connectivity index (χ0) is 16.2. The zero-order valence-electron chi connectivity index (χ0n) is 12.7. The highest BCUT2D eigenvalue weighted by molar-refractivity contribution is 5.94. The summed E-state index contributed by atoms with van der Waals surface area (Å²) >= 11 is 0. The first-order valence-corrected chi connectivity index (χ1v) is 7.11. The van der Waals surface area contributed by atoms with Gasteiger partial charge in [-0.05, 0) is 19.1 Å². The van der Waals surface area contributed by atoms with Gasteiger partial charge in [0.05, 0.1) is 12.6 Å². The SMILES string of the molecule is Cc1cccc(C(=O)NCCNC(=O)C2CC(F)(F)CN2)c1.Cl. The van der Waals surface area contributed by atoms with E-state index in [-0.39, 0.29) is 31.4 Å². The van der Waals surface area contributed by atoms with Gasteiger partial charge in [0.1, 0.15) is 0 Å². The Morgan fingerprint density at radius 1 is 1.30 bits per heavy atom. The predicted octanol–water partition coefficient (Wildman–Crippen LogP) is 1.26. The normalized spacial score (nSPS) is 18.8. The number of hydrogen-bond acceptors (Lipinski definition) is 3. The van der Waals surface area contributed by atoms with Crippen LogP contribution in [-0.4, -0.2) is 43.4 Å². The van der Waals surface area contributed by atoms with Crippen molar-refractivity contribution in [3.8, 4) is 0 Å². The standard InChI is InChI=1S/C15H19F2N3O2.ClH/c1-10-3-2-4-11(7-10)13(21)18-5-6-19-14(22)12-8-15(16,17)9-20-12;/h2-4,7,12,20H,5-6,8-9H2,1H3,(H,18,21)(H,19,22);1H. The van der Waals surface area contributed by atoms with Crippen molar-refractivity contribution in [2.75, 3.05) is 19.6 Å². The van der Waals surface area contributed by atoms with Crippen molar-refractivity contribution in [1.29, 1.82) is 0 Å². The van der Waals surface area contributed by atoms with Crippen LogP contribution in [0.2, 0.25) is 0 Å². The molecule has 1 unspecified atom stereocenters. The molecule has 1 fully saturated rings. The number of nitrogens with one attached hydrogen (secondary N) is 3. The second kappa shape index (κ2) is 8.21. The van der Waals surface area contributed by atoms with Crippen molar-refractivity contribution < 1.29 is 18.4 Å². The van der Waals surface area contributed by atoms with Crippen LogP contribution in [0.25, 0.3) is 0 Å². The van der Waals surface area contributed by atoms with Crippen molar-refractivity contribution in [2.45, 2.75) is 25.3 Å². The van der Waals surface area contributed by atoms with Crippen LogP contribution in [0.4, 0.5) is 8.78 Å². The first-order valence-electron chi connectivity index (χ1n) is 7.11. The van der Waals surface area contributed by atoms with Gasteiger partial charge in [-0.1, -0.05) is 17.7 Å². The molecule has 0 radical (unpaired) electrons. The van der Waals surface area contributed by atoms with Crippen molar-refractivity contribution in [3.05, 3.63) is 35.4 Å². The van der Waals surface area contributed by atoms with Crippen LogP contribution in [0.5, 0.6) is 0 Å². The molecule has 1 saturated heterocycles. The maximum atomic E-state index is 13.0. The van der Waals surface area contributed by atoms with Crippen LogP contribution in [0.15, 0.2) is 24.3 Å². The van der Waals surface area contributed by atoms with Crippen molar-refractivity contribution in [2.24, 2.45) is 0 Å². The topological polar surface area (TPSA) is 70.2 Å². The Kier molecular flexibility index (Phi) is 6.90. The Morgan fingerprint density at radius 2 is 2.00 bits per heavy atom. The highest BCUT2D eigenvalue weighted by Gasteiger charge is 2.42. The van der Waals surface area contributed by atoms with Gasteiger partial charge in [-0.3, -0.25) is 14.9 Å². The summed E-state index contributed by atoms with van der Waals surface area (Å²) in [5, 5.41) is 7.68. The molecule has 0 aromatic heterocycles. The number of carbonyl (C=O) groups excluding carboxylic acids is 2. The molecule has 1 aliphatic heterocycles. The van der Waals surface area contributed by atoms with Gasteiger partial charge in [-0.15, -0.1) is 12.4 Å². The van der Waals surface area contributed by atoms with E-state index in [1.165, 1.54) is 0 Å². The lowest BCUT2D eigenvalue weighted by Gasteiger charge is -2.11. The first-order chi connectivity index (χ1) is 10.4. The molecular weight excluding hydrogens is 328 g/mol. The lowest BCUT2D eigenvalue weighted by molar-refractivity contribution is -0.123. The van der Waals surface area contributed by atoms with E-state index in [1.54, 1.807) is 18.2 Å². The molecule has 1 heterocycles. The minimum absolute atomic E-state index is 0. The summed E-state index contributed by atoms with van der Waals surface area (Å²) in [7, 11) is 0. The number of hydrogen-bond donors (Lipinski definition) is 3. The fourth-order valence-electron chi connectivity index (χ4n) is 2.27. The Morgan fingerprint density at radius 3 is 2.61 bits per heavy atom. The van der Waals surface area contributed by atoms with Crippen LogP contribution >= 0.6 is 12.4 Å². The van der Waals surface area contributed by atoms with Crippen LogP contribution in [-0.2, 0) is 4.79 Å². The average molecular weight is 348 g/mol. The molecular formula is C15H20ClF2N3O2. The minimum Gasteiger partial charge on any atom is -0.353 e. The summed E-state index contributed by atoms with van der Waals surface area (Å²) in [6, 6.07) is 6.27. The molecule has 3 N–H and O–H groups in total. The molecule has 0 bridgehead atoms. The molecule has 5 nitrogen and oxygen atoms in total. The lowest BCUT2D eigenvalue weighted by Crippen LogP contribution is -2.43. The smallest absolute Gasteiger partial charge is 0.262 e. The van der Waals surface area contributed by atoms with Gasteiger partial charge in [0, 0.05) is 25.1 Å². The third-order valence-corrected chi connectivity index (χ3v) is 3.42. The molecule has 1 aromatic rings. The summed E-state index contributed by atoms with van der Waals surface area (Å²) in [4.78, 5) is 23.5. The van der Waals surface area contributed by atoms with Crippen LogP contribution in [0.1, 0.15) is 22.3 Å². The van der Waals surface area contributed by atoms with Gasteiger partial charge < -0.3 is 10.6 Å². The Labute approximate surface area is 139 Å². The summed E-state index contributed by atoms with van der Waals surface area (Å²) in [6.45, 7) is 1.85. The third-order valence-electron chi connectivity index (χ3n) is 3.42. The summed E-state index contributed by atoms with van der Waals surface area (Å²) in [5.74, 6) is -3.54. The van der Waals surface area contributed by atoms with E-state index in [4.69, 9.17) is 0 Å². The van der Waals surface area contributed by atoms with E-state index in [0.29, 0.717) is 5.56 Å². The molecule has 2 rings (SSSR count). The molecule has 0 saturated carbocycles. The van der Waals surface area contributed by atoms with Gasteiger partial charge >= 0.3 is 0 Å².